The number of carbonyl (C=O) groups excluding carboxylic acids is 1. The molecule has 1 amide bonds. The smallest absolute Gasteiger partial charge is 0.346 e. The van der Waals surface area contributed by atoms with E-state index in [9.17, 15) is 18.0 Å². The van der Waals surface area contributed by atoms with Crippen molar-refractivity contribution in [2.75, 3.05) is 13.1 Å². The van der Waals surface area contributed by atoms with E-state index in [2.05, 4.69) is 34.3 Å². The SMILES string of the molecule is CC(C)N1CC[C@H](c2c(CNC(=O)c3cc(C(F)(F)F)[nH]n3)cnn2-c2ccccc2)C1. The molecule has 0 aliphatic carbocycles. The van der Waals surface area contributed by atoms with Gasteiger partial charge in [-0.3, -0.25) is 9.89 Å². The van der Waals surface area contributed by atoms with Crippen molar-refractivity contribution in [3.63, 3.8) is 0 Å². The van der Waals surface area contributed by atoms with Gasteiger partial charge in [0.1, 0.15) is 5.69 Å². The highest BCUT2D eigenvalue weighted by Gasteiger charge is 2.34. The predicted octanol–water partition coefficient (Wildman–Crippen LogP) is 3.74. The predicted molar refractivity (Wildman–Crippen MR) is 112 cm³/mol. The quantitative estimate of drug-likeness (QED) is 0.605. The molecule has 1 saturated heterocycles. The molecule has 3 heterocycles. The van der Waals surface area contributed by atoms with E-state index in [0.29, 0.717) is 12.1 Å². The molecule has 1 atom stereocenters. The number of carbonyl (C=O) groups is 1. The number of hydrogen-bond donors (Lipinski definition) is 2. The van der Waals surface area contributed by atoms with Crippen molar-refractivity contribution in [2.24, 2.45) is 0 Å². The van der Waals surface area contributed by atoms with E-state index < -0.39 is 17.8 Å². The van der Waals surface area contributed by atoms with Gasteiger partial charge in [0.15, 0.2) is 5.69 Å². The lowest BCUT2D eigenvalue weighted by Crippen LogP contribution is -2.28. The number of benzene rings is 1. The summed E-state index contributed by atoms with van der Waals surface area (Å²) in [6.45, 7) is 6.33. The van der Waals surface area contributed by atoms with E-state index in [-0.39, 0.29) is 18.2 Å². The van der Waals surface area contributed by atoms with Crippen molar-refractivity contribution in [3.05, 3.63) is 65.2 Å². The fourth-order valence-corrected chi connectivity index (χ4v) is 4.07. The minimum atomic E-state index is -4.58. The average Bonchev–Trinajstić information content (AvgIpc) is 3.51. The summed E-state index contributed by atoms with van der Waals surface area (Å²) in [5.74, 6) is -0.445. The van der Waals surface area contributed by atoms with Crippen LogP contribution in [0.3, 0.4) is 0 Å². The number of alkyl halides is 3. The molecule has 0 spiro atoms. The Kier molecular flexibility index (Phi) is 6.05. The highest BCUT2D eigenvalue weighted by Crippen LogP contribution is 2.32. The molecule has 2 N–H and O–H groups in total. The van der Waals surface area contributed by atoms with Crippen molar-refractivity contribution >= 4 is 5.91 Å². The van der Waals surface area contributed by atoms with Crippen molar-refractivity contribution < 1.29 is 18.0 Å². The maximum Gasteiger partial charge on any atom is 0.432 e. The Morgan fingerprint density at radius 2 is 2.03 bits per heavy atom. The molecule has 10 heteroatoms. The molecular formula is C22H25F3N6O. The van der Waals surface area contributed by atoms with Crippen molar-refractivity contribution in [1.29, 1.82) is 0 Å². The first-order chi connectivity index (χ1) is 15.2. The van der Waals surface area contributed by atoms with E-state index in [4.69, 9.17) is 0 Å². The number of halogens is 3. The Bertz CT molecular complexity index is 1070. The molecule has 7 nitrogen and oxygen atoms in total. The van der Waals surface area contributed by atoms with Gasteiger partial charge in [0.05, 0.1) is 17.6 Å². The monoisotopic (exact) mass is 446 g/mol. The molecular weight excluding hydrogens is 421 g/mol. The minimum Gasteiger partial charge on any atom is -0.346 e. The standard InChI is InChI=1S/C22H25F3N6O/c1-14(2)30-9-8-15(13-30)20-16(12-27-31(20)17-6-4-3-5-7-17)11-26-21(32)18-10-19(29-28-18)22(23,24)25/h3-7,10,12,14-15H,8-9,11,13H2,1-2H3,(H,26,32)(H,28,29)/t15-/m0/s1. The van der Waals surface area contributed by atoms with Crippen LogP contribution in [-0.4, -0.2) is 49.9 Å². The zero-order valence-corrected chi connectivity index (χ0v) is 17.9. The summed E-state index contributed by atoms with van der Waals surface area (Å²) in [6, 6.07) is 10.9. The molecule has 1 aliphatic rings. The first-order valence-electron chi connectivity index (χ1n) is 10.5. The van der Waals surface area contributed by atoms with E-state index in [1.54, 1.807) is 6.20 Å². The third kappa shape index (κ3) is 4.55. The third-order valence-corrected chi connectivity index (χ3v) is 5.78. The van der Waals surface area contributed by atoms with Gasteiger partial charge in [-0.2, -0.15) is 23.4 Å². The number of likely N-dealkylation sites (tertiary alicyclic amines) is 1. The first kappa shape index (κ1) is 22.1. The Morgan fingerprint density at radius 3 is 2.66 bits per heavy atom. The maximum atomic E-state index is 12.8. The average molecular weight is 446 g/mol. The van der Waals surface area contributed by atoms with Crippen LogP contribution in [0.25, 0.3) is 5.69 Å². The summed E-state index contributed by atoms with van der Waals surface area (Å²) in [6.07, 6.45) is -1.90. The van der Waals surface area contributed by atoms with Gasteiger partial charge in [-0.25, -0.2) is 4.68 Å². The Labute approximate surface area is 183 Å². The first-order valence-corrected chi connectivity index (χ1v) is 10.5. The number of para-hydroxylation sites is 1. The third-order valence-electron chi connectivity index (χ3n) is 5.78. The summed E-state index contributed by atoms with van der Waals surface area (Å²) in [5, 5.41) is 12.6. The Balaban J connectivity index is 1.56. The van der Waals surface area contributed by atoms with Crippen LogP contribution in [-0.2, 0) is 12.7 Å². The molecule has 1 aromatic carbocycles. The second-order valence-corrected chi connectivity index (χ2v) is 8.22. The van der Waals surface area contributed by atoms with Crippen LogP contribution in [0.4, 0.5) is 13.2 Å². The number of nitrogens with one attached hydrogen (secondary N) is 2. The number of H-pyrrole nitrogens is 1. The van der Waals surface area contributed by atoms with Crippen LogP contribution in [0.2, 0.25) is 0 Å². The van der Waals surface area contributed by atoms with Crippen molar-refractivity contribution in [2.45, 2.75) is 44.9 Å². The molecule has 0 saturated carbocycles. The van der Waals surface area contributed by atoms with Gasteiger partial charge in [-0.1, -0.05) is 18.2 Å². The molecule has 3 aromatic rings. The van der Waals surface area contributed by atoms with Crippen molar-refractivity contribution in [3.8, 4) is 5.69 Å². The Hall–Kier alpha value is -3.14. The van der Waals surface area contributed by atoms with E-state index in [1.807, 2.05) is 40.1 Å². The summed E-state index contributed by atoms with van der Waals surface area (Å²) in [5.41, 5.74) is 1.41. The zero-order chi connectivity index (χ0) is 22.9. The molecule has 1 fully saturated rings. The molecule has 32 heavy (non-hydrogen) atoms. The summed E-state index contributed by atoms with van der Waals surface area (Å²) >= 11 is 0. The largest absolute Gasteiger partial charge is 0.432 e. The van der Waals surface area contributed by atoms with Gasteiger partial charge in [-0.05, 0) is 38.9 Å². The number of nitrogens with zero attached hydrogens (tertiary/aromatic N) is 4. The number of aromatic nitrogens is 4. The van der Waals surface area contributed by atoms with Crippen LogP contribution in [0.1, 0.15) is 53.6 Å². The Morgan fingerprint density at radius 1 is 1.28 bits per heavy atom. The van der Waals surface area contributed by atoms with E-state index in [0.717, 1.165) is 36.5 Å². The van der Waals surface area contributed by atoms with Crippen LogP contribution in [0.5, 0.6) is 0 Å². The fraction of sp³-hybridized carbons (Fsp3) is 0.409. The van der Waals surface area contributed by atoms with Crippen molar-refractivity contribution in [1.82, 2.24) is 30.2 Å². The number of amides is 1. The molecule has 170 valence electrons. The maximum absolute atomic E-state index is 12.8. The molecule has 0 bridgehead atoms. The van der Waals surface area contributed by atoms with Crippen LogP contribution < -0.4 is 5.32 Å². The molecule has 2 aromatic heterocycles. The van der Waals surface area contributed by atoms with Gasteiger partial charge >= 0.3 is 6.18 Å². The lowest BCUT2D eigenvalue weighted by molar-refractivity contribution is -0.141. The van der Waals surface area contributed by atoms with Gasteiger partial charge < -0.3 is 10.2 Å². The highest BCUT2D eigenvalue weighted by molar-refractivity contribution is 5.92. The van der Waals surface area contributed by atoms with Gasteiger partial charge in [0.25, 0.3) is 5.91 Å². The van der Waals surface area contributed by atoms with Crippen LogP contribution in [0, 0.1) is 0 Å². The lowest BCUT2D eigenvalue weighted by Gasteiger charge is -2.21. The number of hydrogen-bond acceptors (Lipinski definition) is 4. The zero-order valence-electron chi connectivity index (χ0n) is 17.9. The minimum absolute atomic E-state index is 0.146. The second-order valence-electron chi connectivity index (χ2n) is 8.22. The molecule has 0 unspecified atom stereocenters. The molecule has 0 radical (unpaired) electrons. The molecule has 4 rings (SSSR count). The topological polar surface area (TPSA) is 78.8 Å². The summed E-state index contributed by atoms with van der Waals surface area (Å²) in [7, 11) is 0. The lowest BCUT2D eigenvalue weighted by atomic mass is 10.00. The number of rotatable bonds is 6. The second kappa shape index (κ2) is 8.78. The normalized spacial score (nSPS) is 17.2. The molecule has 1 aliphatic heterocycles. The highest BCUT2D eigenvalue weighted by atomic mass is 19.4. The fourth-order valence-electron chi connectivity index (χ4n) is 4.07. The van der Waals surface area contributed by atoms with E-state index >= 15 is 0 Å². The van der Waals surface area contributed by atoms with Crippen LogP contribution >= 0.6 is 0 Å². The van der Waals surface area contributed by atoms with Crippen LogP contribution in [0.15, 0.2) is 42.6 Å². The van der Waals surface area contributed by atoms with Gasteiger partial charge in [0, 0.05) is 36.7 Å². The van der Waals surface area contributed by atoms with Gasteiger partial charge in [-0.15, -0.1) is 0 Å². The van der Waals surface area contributed by atoms with E-state index in [1.165, 1.54) is 0 Å². The summed E-state index contributed by atoms with van der Waals surface area (Å²) < 4.78 is 40.2. The summed E-state index contributed by atoms with van der Waals surface area (Å²) in [4.78, 5) is 14.8. The van der Waals surface area contributed by atoms with Gasteiger partial charge in [0.2, 0.25) is 0 Å². The number of aromatic amines is 1.